The number of rotatable bonds is 2. The van der Waals surface area contributed by atoms with E-state index in [-0.39, 0.29) is 0 Å². The zero-order valence-electron chi connectivity index (χ0n) is 8.76. The SMILES string of the molecule is NO.c1ccc(Oc2c3cccc2C3)cc1. The van der Waals surface area contributed by atoms with Crippen LogP contribution < -0.4 is 10.6 Å². The average Bonchev–Trinajstić information content (AvgIpc) is 2.40. The summed E-state index contributed by atoms with van der Waals surface area (Å²) in [6.07, 6.45) is 1.07. The molecule has 1 aliphatic carbocycles. The smallest absolute Gasteiger partial charge is 0.134 e. The van der Waals surface area contributed by atoms with Crippen LogP contribution >= 0.6 is 0 Å². The molecule has 0 saturated carbocycles. The molecule has 0 amide bonds. The van der Waals surface area contributed by atoms with E-state index < -0.39 is 0 Å². The van der Waals surface area contributed by atoms with Crippen molar-refractivity contribution in [2.24, 2.45) is 5.90 Å². The van der Waals surface area contributed by atoms with Gasteiger partial charge in [-0.05, 0) is 23.3 Å². The molecule has 0 aliphatic heterocycles. The molecule has 2 aromatic rings. The normalized spacial score (nSPS) is 10.9. The van der Waals surface area contributed by atoms with Crippen LogP contribution in [0.25, 0.3) is 0 Å². The van der Waals surface area contributed by atoms with Gasteiger partial charge in [-0.15, -0.1) is 0 Å². The van der Waals surface area contributed by atoms with E-state index in [1.54, 1.807) is 0 Å². The molecule has 2 bridgehead atoms. The Morgan fingerprint density at radius 1 is 0.875 bits per heavy atom. The van der Waals surface area contributed by atoms with Crippen molar-refractivity contribution >= 4 is 0 Å². The average molecular weight is 215 g/mol. The van der Waals surface area contributed by atoms with E-state index in [0.717, 1.165) is 17.9 Å². The standard InChI is InChI=1S/C13H10O.H3NO/c1-2-7-12(8-3-1)14-13-10-5-4-6-11(13)9-10;1-2/h1-8H,9H2;2H,1H2. The molecule has 0 unspecified atom stereocenters. The topological polar surface area (TPSA) is 55.5 Å². The van der Waals surface area contributed by atoms with Crippen LogP contribution in [0.4, 0.5) is 0 Å². The zero-order valence-corrected chi connectivity index (χ0v) is 8.76. The zero-order chi connectivity index (χ0) is 11.4. The molecule has 0 radical (unpaired) electrons. The number of fused-ring (bicyclic) bond motifs is 2. The summed E-state index contributed by atoms with van der Waals surface area (Å²) < 4.78 is 5.78. The first kappa shape index (κ1) is 10.7. The van der Waals surface area contributed by atoms with Gasteiger partial charge in [0.15, 0.2) is 0 Å². The Hall–Kier alpha value is -1.84. The highest BCUT2D eigenvalue weighted by atomic mass is 16.5. The van der Waals surface area contributed by atoms with Gasteiger partial charge in [0.1, 0.15) is 11.5 Å². The van der Waals surface area contributed by atoms with Crippen LogP contribution in [0.1, 0.15) is 11.1 Å². The van der Waals surface area contributed by atoms with Crippen molar-refractivity contribution in [1.82, 2.24) is 0 Å². The molecule has 0 atom stereocenters. The fourth-order valence-electron chi connectivity index (χ4n) is 1.75. The van der Waals surface area contributed by atoms with E-state index in [2.05, 4.69) is 24.1 Å². The van der Waals surface area contributed by atoms with Crippen LogP contribution in [0.15, 0.2) is 48.5 Å². The molecule has 0 aromatic heterocycles. The van der Waals surface area contributed by atoms with Crippen LogP contribution in [0.5, 0.6) is 11.5 Å². The van der Waals surface area contributed by atoms with Gasteiger partial charge in [-0.1, -0.05) is 36.4 Å². The monoisotopic (exact) mass is 215 g/mol. The summed E-state index contributed by atoms with van der Waals surface area (Å²) in [4.78, 5) is 0. The lowest BCUT2D eigenvalue weighted by molar-refractivity contribution is 0.311. The molecule has 0 spiro atoms. The van der Waals surface area contributed by atoms with E-state index in [9.17, 15) is 0 Å². The summed E-state index contributed by atoms with van der Waals surface area (Å²) in [5.74, 6) is 5.47. The Morgan fingerprint density at radius 2 is 1.50 bits per heavy atom. The van der Waals surface area contributed by atoms with Crippen molar-refractivity contribution in [2.45, 2.75) is 6.42 Å². The number of ether oxygens (including phenoxy) is 1. The number of hydrogen-bond acceptors (Lipinski definition) is 3. The van der Waals surface area contributed by atoms with Crippen LogP contribution in [0.3, 0.4) is 0 Å². The van der Waals surface area contributed by atoms with Crippen LogP contribution in [-0.4, -0.2) is 5.21 Å². The first-order valence-electron chi connectivity index (χ1n) is 5.03. The highest BCUT2D eigenvalue weighted by Gasteiger charge is 2.20. The van der Waals surface area contributed by atoms with E-state index in [0.29, 0.717) is 0 Å². The molecule has 2 aromatic carbocycles. The molecule has 0 saturated heterocycles. The number of benzene rings is 2. The fraction of sp³-hybridized carbons (Fsp3) is 0.0769. The van der Waals surface area contributed by atoms with Gasteiger partial charge in [0.2, 0.25) is 0 Å². The van der Waals surface area contributed by atoms with Crippen molar-refractivity contribution in [2.75, 3.05) is 0 Å². The van der Waals surface area contributed by atoms with Gasteiger partial charge in [0.05, 0.1) is 0 Å². The van der Waals surface area contributed by atoms with Crippen LogP contribution in [0, 0.1) is 0 Å². The molecular weight excluding hydrogens is 202 g/mol. The molecule has 3 nitrogen and oxygen atoms in total. The van der Waals surface area contributed by atoms with Gasteiger partial charge in [-0.2, -0.15) is 0 Å². The predicted octanol–water partition coefficient (Wildman–Crippen LogP) is 2.72. The first-order valence-corrected chi connectivity index (χ1v) is 5.03. The van der Waals surface area contributed by atoms with Crippen molar-refractivity contribution in [3.05, 3.63) is 59.7 Å². The molecule has 3 rings (SSSR count). The second kappa shape index (κ2) is 4.79. The summed E-state index contributed by atoms with van der Waals surface area (Å²) >= 11 is 0. The molecule has 16 heavy (non-hydrogen) atoms. The molecule has 82 valence electrons. The molecule has 3 N–H and O–H groups in total. The lowest BCUT2D eigenvalue weighted by Crippen LogP contribution is -2.06. The second-order valence-electron chi connectivity index (χ2n) is 3.50. The summed E-state index contributed by atoms with van der Waals surface area (Å²) in [7, 11) is 0. The quantitative estimate of drug-likeness (QED) is 0.646. The summed E-state index contributed by atoms with van der Waals surface area (Å²) in [6, 6.07) is 16.2. The lowest BCUT2D eigenvalue weighted by atomic mass is 9.91. The highest BCUT2D eigenvalue weighted by Crippen LogP contribution is 2.39. The van der Waals surface area contributed by atoms with Gasteiger partial charge < -0.3 is 9.94 Å². The van der Waals surface area contributed by atoms with Gasteiger partial charge in [0, 0.05) is 6.42 Å². The summed E-state index contributed by atoms with van der Waals surface area (Å²) in [6.45, 7) is 0. The minimum absolute atomic E-state index is 0.918. The van der Waals surface area contributed by atoms with Crippen molar-refractivity contribution in [1.29, 1.82) is 0 Å². The largest absolute Gasteiger partial charge is 0.457 e. The van der Waals surface area contributed by atoms with E-state index >= 15 is 0 Å². The van der Waals surface area contributed by atoms with E-state index in [4.69, 9.17) is 9.94 Å². The molecule has 0 fully saturated rings. The third kappa shape index (κ3) is 1.91. The molecular formula is C13H13NO2. The molecule has 0 heterocycles. The number of nitrogens with two attached hydrogens (primary N) is 1. The maximum Gasteiger partial charge on any atom is 0.134 e. The second-order valence-corrected chi connectivity index (χ2v) is 3.50. The van der Waals surface area contributed by atoms with Crippen molar-refractivity contribution < 1.29 is 9.94 Å². The Bertz CT molecular complexity index is 448. The van der Waals surface area contributed by atoms with Crippen molar-refractivity contribution in [3.8, 4) is 11.5 Å². The van der Waals surface area contributed by atoms with E-state index in [1.807, 2.05) is 30.3 Å². The maximum absolute atomic E-state index is 6.50. The Kier molecular flexibility index (Phi) is 3.19. The van der Waals surface area contributed by atoms with Gasteiger partial charge in [0.25, 0.3) is 0 Å². The van der Waals surface area contributed by atoms with Crippen molar-refractivity contribution in [3.63, 3.8) is 0 Å². The summed E-state index contributed by atoms with van der Waals surface area (Å²) in [5.41, 5.74) is 2.62. The Morgan fingerprint density at radius 3 is 2.06 bits per heavy atom. The van der Waals surface area contributed by atoms with E-state index in [1.165, 1.54) is 11.1 Å². The highest BCUT2D eigenvalue weighted by molar-refractivity contribution is 5.55. The first-order chi connectivity index (χ1) is 7.93. The minimum atomic E-state index is 0.918. The van der Waals surface area contributed by atoms with Gasteiger partial charge in [-0.25, -0.2) is 5.90 Å². The third-order valence-electron chi connectivity index (χ3n) is 2.52. The maximum atomic E-state index is 6.50. The Labute approximate surface area is 94.1 Å². The molecule has 1 aliphatic rings. The molecule has 3 heteroatoms. The number of para-hydroxylation sites is 2. The number of hydrogen-bond donors (Lipinski definition) is 2. The van der Waals surface area contributed by atoms with Crippen LogP contribution in [-0.2, 0) is 6.42 Å². The minimum Gasteiger partial charge on any atom is -0.457 e. The fourth-order valence-corrected chi connectivity index (χ4v) is 1.75. The van der Waals surface area contributed by atoms with Gasteiger partial charge >= 0.3 is 0 Å². The van der Waals surface area contributed by atoms with Gasteiger partial charge in [-0.3, -0.25) is 0 Å². The predicted molar refractivity (Wildman–Crippen MR) is 61.7 cm³/mol. The van der Waals surface area contributed by atoms with Crippen LogP contribution in [0.2, 0.25) is 0 Å². The third-order valence-corrected chi connectivity index (χ3v) is 2.52. The lowest BCUT2D eigenvalue weighted by Gasteiger charge is -2.22. The Balaban J connectivity index is 0.000000457. The summed E-state index contributed by atoms with van der Waals surface area (Å²) in [5, 5.41) is 6.50.